The summed E-state index contributed by atoms with van der Waals surface area (Å²) >= 11 is 0. The second-order valence-electron chi connectivity index (χ2n) is 6.25. The predicted octanol–water partition coefficient (Wildman–Crippen LogP) is 3.82. The largest absolute Gasteiger partial charge is 0.314 e. The van der Waals surface area contributed by atoms with Crippen LogP contribution in [0.2, 0.25) is 0 Å². The quantitative estimate of drug-likeness (QED) is 0.793. The molecule has 0 aliphatic heterocycles. The molecule has 1 N–H and O–H groups in total. The van der Waals surface area contributed by atoms with Gasteiger partial charge in [-0.25, -0.2) is 0 Å². The molecule has 0 spiro atoms. The van der Waals surface area contributed by atoms with Crippen LogP contribution < -0.4 is 5.32 Å². The van der Waals surface area contributed by atoms with E-state index in [2.05, 4.69) is 50.1 Å². The van der Waals surface area contributed by atoms with Crippen LogP contribution in [0.3, 0.4) is 0 Å². The second-order valence-corrected chi connectivity index (χ2v) is 6.25. The molecule has 102 valence electrons. The molecule has 1 heterocycles. The lowest BCUT2D eigenvalue weighted by Crippen LogP contribution is -2.30. The first kappa shape index (κ1) is 15.2. The lowest BCUT2D eigenvalue weighted by atomic mass is 9.87. The Kier molecular flexibility index (Phi) is 6.34. The van der Waals surface area contributed by atoms with Crippen LogP contribution in [-0.2, 0) is 6.42 Å². The molecule has 0 saturated carbocycles. The Balaban J connectivity index is 2.38. The van der Waals surface area contributed by atoms with Gasteiger partial charge in [-0.2, -0.15) is 0 Å². The van der Waals surface area contributed by atoms with Crippen LogP contribution in [0.1, 0.15) is 52.5 Å². The van der Waals surface area contributed by atoms with Gasteiger partial charge in [0.2, 0.25) is 0 Å². The van der Waals surface area contributed by atoms with Gasteiger partial charge in [0, 0.05) is 18.4 Å². The number of aryl methyl sites for hydroxylation is 1. The Morgan fingerprint density at radius 1 is 1.17 bits per heavy atom. The van der Waals surface area contributed by atoms with E-state index in [4.69, 9.17) is 0 Å². The van der Waals surface area contributed by atoms with E-state index in [1.165, 1.54) is 24.8 Å². The third-order valence-corrected chi connectivity index (χ3v) is 3.27. The zero-order valence-corrected chi connectivity index (χ0v) is 12.4. The number of pyridine rings is 1. The van der Waals surface area contributed by atoms with E-state index in [0.29, 0.717) is 11.5 Å². The lowest BCUT2D eigenvalue weighted by molar-refractivity contribution is 0.324. The lowest BCUT2D eigenvalue weighted by Gasteiger charge is -2.23. The number of hydrogen-bond acceptors (Lipinski definition) is 2. The van der Waals surface area contributed by atoms with Crippen molar-refractivity contribution in [3.8, 4) is 0 Å². The summed E-state index contributed by atoms with van der Waals surface area (Å²) in [5.41, 5.74) is 1.83. The Hall–Kier alpha value is -0.890. The molecule has 0 saturated heterocycles. The molecular weight excluding hydrogens is 220 g/mol. The third-order valence-electron chi connectivity index (χ3n) is 3.27. The van der Waals surface area contributed by atoms with E-state index in [1.807, 2.05) is 12.4 Å². The number of aromatic nitrogens is 1. The van der Waals surface area contributed by atoms with Gasteiger partial charge < -0.3 is 5.32 Å². The summed E-state index contributed by atoms with van der Waals surface area (Å²) in [5, 5.41) is 3.61. The Morgan fingerprint density at radius 3 is 2.39 bits per heavy atom. The molecule has 1 aromatic heterocycles. The molecule has 18 heavy (non-hydrogen) atoms. The van der Waals surface area contributed by atoms with Crippen LogP contribution in [0.25, 0.3) is 0 Å². The average molecular weight is 248 g/mol. The first-order chi connectivity index (χ1) is 8.51. The molecule has 2 heteroatoms. The summed E-state index contributed by atoms with van der Waals surface area (Å²) in [4.78, 5) is 4.06. The molecule has 0 aromatic carbocycles. The zero-order chi connectivity index (χ0) is 13.4. The van der Waals surface area contributed by atoms with Crippen LogP contribution in [-0.4, -0.2) is 17.6 Å². The van der Waals surface area contributed by atoms with Crippen molar-refractivity contribution in [2.45, 2.75) is 59.4 Å². The summed E-state index contributed by atoms with van der Waals surface area (Å²) in [5.74, 6) is 0. The topological polar surface area (TPSA) is 24.9 Å². The van der Waals surface area contributed by atoms with E-state index < -0.39 is 0 Å². The summed E-state index contributed by atoms with van der Waals surface area (Å²) in [6.45, 7) is 10.2. The first-order valence-corrected chi connectivity index (χ1v) is 7.13. The molecule has 1 unspecified atom stereocenters. The zero-order valence-electron chi connectivity index (χ0n) is 12.4. The van der Waals surface area contributed by atoms with Crippen LogP contribution in [0.4, 0.5) is 0 Å². The summed E-state index contributed by atoms with van der Waals surface area (Å²) in [6, 6.07) is 4.88. The van der Waals surface area contributed by atoms with Crippen molar-refractivity contribution in [2.75, 3.05) is 6.54 Å². The van der Waals surface area contributed by atoms with E-state index in [1.54, 1.807) is 0 Å². The maximum atomic E-state index is 4.06. The van der Waals surface area contributed by atoms with E-state index >= 15 is 0 Å². The van der Waals surface area contributed by atoms with Crippen molar-refractivity contribution in [1.29, 1.82) is 0 Å². The van der Waals surface area contributed by atoms with E-state index in [9.17, 15) is 0 Å². The highest BCUT2D eigenvalue weighted by Crippen LogP contribution is 2.22. The van der Waals surface area contributed by atoms with Crippen molar-refractivity contribution < 1.29 is 0 Å². The number of nitrogens with one attached hydrogen (secondary N) is 1. The molecule has 1 aromatic rings. The predicted molar refractivity (Wildman–Crippen MR) is 78.7 cm³/mol. The van der Waals surface area contributed by atoms with E-state index in [0.717, 1.165) is 13.0 Å². The van der Waals surface area contributed by atoms with Gasteiger partial charge in [-0.1, -0.05) is 27.7 Å². The van der Waals surface area contributed by atoms with Crippen molar-refractivity contribution in [3.05, 3.63) is 30.1 Å². The maximum Gasteiger partial charge on any atom is 0.0270 e. The number of rotatable bonds is 7. The van der Waals surface area contributed by atoms with Crippen molar-refractivity contribution in [1.82, 2.24) is 10.3 Å². The third kappa shape index (κ3) is 6.75. The Bertz CT molecular complexity index is 314. The molecule has 0 bridgehead atoms. The smallest absolute Gasteiger partial charge is 0.0270 e. The molecule has 0 amide bonds. The molecule has 0 radical (unpaired) electrons. The minimum absolute atomic E-state index is 0.435. The Labute approximate surface area is 112 Å². The maximum absolute atomic E-state index is 4.06. The monoisotopic (exact) mass is 248 g/mol. The van der Waals surface area contributed by atoms with Gasteiger partial charge in [-0.05, 0) is 55.3 Å². The molecule has 1 atom stereocenters. The first-order valence-electron chi connectivity index (χ1n) is 7.13. The van der Waals surface area contributed by atoms with E-state index in [-0.39, 0.29) is 0 Å². The van der Waals surface area contributed by atoms with Gasteiger partial charge in [0.25, 0.3) is 0 Å². The molecule has 0 fully saturated rings. The van der Waals surface area contributed by atoms with Crippen LogP contribution in [0.5, 0.6) is 0 Å². The van der Waals surface area contributed by atoms with Gasteiger partial charge in [-0.15, -0.1) is 0 Å². The van der Waals surface area contributed by atoms with Gasteiger partial charge in [0.15, 0.2) is 0 Å². The summed E-state index contributed by atoms with van der Waals surface area (Å²) in [6.07, 6.45) is 8.67. The number of hydrogen-bond donors (Lipinski definition) is 1. The SMILES string of the molecule is CCNC(CCc1ccncc1)CCC(C)(C)C. The molecular formula is C16H28N2. The highest BCUT2D eigenvalue weighted by molar-refractivity contribution is 5.09. The van der Waals surface area contributed by atoms with Crippen LogP contribution in [0.15, 0.2) is 24.5 Å². The fourth-order valence-electron chi connectivity index (χ4n) is 2.13. The van der Waals surface area contributed by atoms with Gasteiger partial charge >= 0.3 is 0 Å². The van der Waals surface area contributed by atoms with Crippen LogP contribution in [0, 0.1) is 5.41 Å². The molecule has 1 rings (SSSR count). The highest BCUT2D eigenvalue weighted by Gasteiger charge is 2.14. The molecule has 0 aliphatic rings. The van der Waals surface area contributed by atoms with Crippen molar-refractivity contribution >= 4 is 0 Å². The minimum Gasteiger partial charge on any atom is -0.314 e. The van der Waals surface area contributed by atoms with Gasteiger partial charge in [0.05, 0.1) is 0 Å². The van der Waals surface area contributed by atoms with Gasteiger partial charge in [-0.3, -0.25) is 4.98 Å². The standard InChI is InChI=1S/C16H28N2/c1-5-18-15(8-11-16(2,3)4)7-6-14-9-12-17-13-10-14/h9-10,12-13,15,18H,5-8,11H2,1-4H3. The Morgan fingerprint density at radius 2 is 1.83 bits per heavy atom. The normalized spacial score (nSPS) is 13.6. The van der Waals surface area contributed by atoms with Crippen molar-refractivity contribution in [3.63, 3.8) is 0 Å². The highest BCUT2D eigenvalue weighted by atomic mass is 14.9. The summed E-state index contributed by atoms with van der Waals surface area (Å²) < 4.78 is 0. The molecule has 0 aliphatic carbocycles. The average Bonchev–Trinajstić information content (AvgIpc) is 2.33. The minimum atomic E-state index is 0.435. The molecule has 2 nitrogen and oxygen atoms in total. The van der Waals surface area contributed by atoms with Crippen LogP contribution >= 0.6 is 0 Å². The fraction of sp³-hybridized carbons (Fsp3) is 0.688. The number of nitrogens with zero attached hydrogens (tertiary/aromatic N) is 1. The summed E-state index contributed by atoms with van der Waals surface area (Å²) in [7, 11) is 0. The van der Waals surface area contributed by atoms with Crippen molar-refractivity contribution in [2.24, 2.45) is 5.41 Å². The fourth-order valence-corrected chi connectivity index (χ4v) is 2.13. The van der Waals surface area contributed by atoms with Gasteiger partial charge in [0.1, 0.15) is 0 Å². The second kappa shape index (κ2) is 7.52.